The molecule has 156 valence electrons. The minimum atomic E-state index is -0.811. The van der Waals surface area contributed by atoms with Crippen LogP contribution in [0.5, 0.6) is 5.75 Å². The fourth-order valence-electron chi connectivity index (χ4n) is 4.43. The van der Waals surface area contributed by atoms with Crippen LogP contribution in [0, 0.1) is 0 Å². The molecule has 0 aliphatic heterocycles. The summed E-state index contributed by atoms with van der Waals surface area (Å²) in [6, 6.07) is 16.7. The van der Waals surface area contributed by atoms with Crippen molar-refractivity contribution < 1.29 is 19.4 Å². The number of ether oxygens (including phenoxy) is 1. The van der Waals surface area contributed by atoms with E-state index in [0.29, 0.717) is 18.6 Å². The van der Waals surface area contributed by atoms with Crippen molar-refractivity contribution in [3.8, 4) is 5.75 Å². The van der Waals surface area contributed by atoms with E-state index in [1.165, 1.54) is 0 Å². The lowest BCUT2D eigenvalue weighted by molar-refractivity contribution is -0.141. The second-order valence-corrected chi connectivity index (χ2v) is 7.68. The maximum absolute atomic E-state index is 12.4. The Balaban J connectivity index is 1.52. The highest BCUT2D eigenvalue weighted by Gasteiger charge is 2.30. The van der Waals surface area contributed by atoms with Gasteiger partial charge in [0.2, 0.25) is 0 Å². The topological polar surface area (TPSA) is 80.6 Å². The summed E-state index contributed by atoms with van der Waals surface area (Å²) in [5.41, 5.74) is 3.18. The molecule has 2 atom stereocenters. The molecule has 1 unspecified atom stereocenters. The van der Waals surface area contributed by atoms with E-state index in [1.807, 2.05) is 66.1 Å². The van der Waals surface area contributed by atoms with Crippen molar-refractivity contribution in [3.63, 3.8) is 0 Å². The molecule has 0 spiro atoms. The van der Waals surface area contributed by atoms with Crippen LogP contribution in [0.3, 0.4) is 0 Å². The quantitative estimate of drug-likeness (QED) is 0.627. The predicted octanol–water partition coefficient (Wildman–Crippen LogP) is 3.73. The third-order valence-corrected chi connectivity index (χ3v) is 5.77. The Morgan fingerprint density at radius 3 is 2.63 bits per heavy atom. The molecule has 0 saturated carbocycles. The first kappa shape index (κ1) is 20.0. The van der Waals surface area contributed by atoms with Gasteiger partial charge in [0.1, 0.15) is 11.8 Å². The predicted molar refractivity (Wildman–Crippen MR) is 115 cm³/mol. The van der Waals surface area contributed by atoms with Crippen molar-refractivity contribution in [1.29, 1.82) is 0 Å². The van der Waals surface area contributed by atoms with Crippen molar-refractivity contribution in [2.24, 2.45) is 0 Å². The first-order valence-electron chi connectivity index (χ1n) is 10.4. The molecule has 1 aliphatic carbocycles. The Morgan fingerprint density at radius 1 is 1.17 bits per heavy atom. The Morgan fingerprint density at radius 2 is 1.90 bits per heavy atom. The summed E-state index contributed by atoms with van der Waals surface area (Å²) in [5.74, 6) is -0.288. The van der Waals surface area contributed by atoms with Crippen molar-refractivity contribution in [1.82, 2.24) is 9.88 Å². The number of amides is 1. The molecule has 1 heterocycles. The van der Waals surface area contributed by atoms with E-state index in [0.717, 1.165) is 35.0 Å². The molecule has 30 heavy (non-hydrogen) atoms. The average molecular weight is 406 g/mol. The van der Waals surface area contributed by atoms with Crippen molar-refractivity contribution in [2.75, 3.05) is 6.61 Å². The van der Waals surface area contributed by atoms with Crippen molar-refractivity contribution >= 4 is 22.8 Å². The molecule has 3 aromatic rings. The summed E-state index contributed by atoms with van der Waals surface area (Å²) < 4.78 is 7.53. The second kappa shape index (κ2) is 8.61. The maximum Gasteiger partial charge on any atom is 0.326 e. The summed E-state index contributed by atoms with van der Waals surface area (Å²) in [5, 5.41) is 13.9. The molecule has 2 aromatic carbocycles. The average Bonchev–Trinajstić information content (AvgIpc) is 3.07. The number of hydrogen-bond donors (Lipinski definition) is 2. The normalized spacial score (nSPS) is 16.6. The van der Waals surface area contributed by atoms with Gasteiger partial charge in [-0.15, -0.1) is 0 Å². The fraction of sp³-hybridized carbons (Fsp3) is 0.333. The first-order chi connectivity index (χ1) is 14.6. The van der Waals surface area contributed by atoms with E-state index < -0.39 is 12.0 Å². The lowest BCUT2D eigenvalue weighted by Gasteiger charge is -2.26. The van der Waals surface area contributed by atoms with Crippen LogP contribution in [0.15, 0.2) is 54.6 Å². The summed E-state index contributed by atoms with van der Waals surface area (Å²) >= 11 is 0. The molecule has 0 saturated heterocycles. The number of nitrogens with zero attached hydrogens (tertiary/aromatic N) is 1. The SMILES string of the molecule is CCC(C(=O)O)n1c2c(c3ccccc31)C[C@H](NC(=O)COc1ccccc1)CC2. The van der Waals surface area contributed by atoms with Gasteiger partial charge in [-0.25, -0.2) is 4.79 Å². The minimum Gasteiger partial charge on any atom is -0.484 e. The maximum atomic E-state index is 12.4. The van der Waals surface area contributed by atoms with Crippen LogP contribution < -0.4 is 10.1 Å². The molecule has 1 amide bonds. The number of hydrogen-bond acceptors (Lipinski definition) is 3. The van der Waals surface area contributed by atoms with E-state index >= 15 is 0 Å². The highest BCUT2D eigenvalue weighted by atomic mass is 16.5. The Bertz CT molecular complexity index is 1060. The van der Waals surface area contributed by atoms with Gasteiger partial charge in [0.05, 0.1) is 0 Å². The molecular formula is C24H26N2O4. The second-order valence-electron chi connectivity index (χ2n) is 7.68. The number of rotatable bonds is 7. The summed E-state index contributed by atoms with van der Waals surface area (Å²) in [4.78, 5) is 24.3. The zero-order valence-corrected chi connectivity index (χ0v) is 17.0. The number of carbonyl (C=O) groups excluding carboxylic acids is 1. The molecule has 6 heteroatoms. The molecule has 6 nitrogen and oxygen atoms in total. The van der Waals surface area contributed by atoms with Crippen molar-refractivity contribution in [2.45, 2.75) is 44.7 Å². The zero-order chi connectivity index (χ0) is 21.1. The molecule has 2 N–H and O–H groups in total. The van der Waals surface area contributed by atoms with Gasteiger partial charge in [0.15, 0.2) is 6.61 Å². The van der Waals surface area contributed by atoms with Crippen LogP contribution in [0.25, 0.3) is 10.9 Å². The molecule has 0 radical (unpaired) electrons. The summed E-state index contributed by atoms with van der Waals surface area (Å²) in [6.45, 7) is 1.88. The smallest absolute Gasteiger partial charge is 0.326 e. The van der Waals surface area contributed by atoms with Gasteiger partial charge in [-0.2, -0.15) is 0 Å². The monoisotopic (exact) mass is 406 g/mol. The molecule has 0 fully saturated rings. The Labute approximate surface area is 175 Å². The van der Waals surface area contributed by atoms with Crippen LogP contribution in [-0.2, 0) is 22.4 Å². The number of carboxylic acids is 1. The lowest BCUT2D eigenvalue weighted by atomic mass is 9.91. The van der Waals surface area contributed by atoms with E-state index in [9.17, 15) is 14.7 Å². The molecule has 1 aromatic heterocycles. The number of fused-ring (bicyclic) bond motifs is 3. The number of nitrogens with one attached hydrogen (secondary N) is 1. The number of aliphatic carboxylic acids is 1. The number of para-hydroxylation sites is 2. The third-order valence-electron chi connectivity index (χ3n) is 5.77. The standard InChI is InChI=1S/C24H26N2O4/c1-2-20(24(28)29)26-21-11-7-6-10-18(21)19-14-16(12-13-22(19)26)25-23(27)15-30-17-8-4-3-5-9-17/h3-11,16,20H,2,12-15H2,1H3,(H,25,27)(H,28,29)/t16-,20?/m1/s1. The van der Waals surface area contributed by atoms with Gasteiger partial charge in [-0.3, -0.25) is 4.79 Å². The van der Waals surface area contributed by atoms with Gasteiger partial charge >= 0.3 is 5.97 Å². The number of carbonyl (C=O) groups is 2. The number of aromatic nitrogens is 1. The van der Waals surface area contributed by atoms with E-state index in [1.54, 1.807) is 0 Å². The van der Waals surface area contributed by atoms with Crippen LogP contribution >= 0.6 is 0 Å². The van der Waals surface area contributed by atoms with E-state index in [4.69, 9.17) is 4.74 Å². The fourth-order valence-corrected chi connectivity index (χ4v) is 4.43. The van der Waals surface area contributed by atoms with Crippen LogP contribution in [-0.4, -0.2) is 34.2 Å². The first-order valence-corrected chi connectivity index (χ1v) is 10.4. The highest BCUT2D eigenvalue weighted by molar-refractivity contribution is 5.88. The molecule has 0 bridgehead atoms. The summed E-state index contributed by atoms with van der Waals surface area (Å²) in [6.07, 6.45) is 2.72. The van der Waals surface area contributed by atoms with Gasteiger partial charge in [0.25, 0.3) is 5.91 Å². The van der Waals surface area contributed by atoms with Crippen molar-refractivity contribution in [3.05, 3.63) is 65.9 Å². The van der Waals surface area contributed by atoms with E-state index in [-0.39, 0.29) is 18.6 Å². The number of carboxylic acid groups (broad SMARTS) is 1. The lowest BCUT2D eigenvalue weighted by Crippen LogP contribution is -2.41. The van der Waals surface area contributed by atoms with Gasteiger partial charge in [-0.1, -0.05) is 43.3 Å². The third kappa shape index (κ3) is 3.90. The van der Waals surface area contributed by atoms with Crippen LogP contribution in [0.4, 0.5) is 0 Å². The largest absolute Gasteiger partial charge is 0.484 e. The molecule has 1 aliphatic rings. The van der Waals surface area contributed by atoms with Gasteiger partial charge in [-0.05, 0) is 49.4 Å². The number of benzene rings is 2. The van der Waals surface area contributed by atoms with Gasteiger partial charge < -0.3 is 19.7 Å². The van der Waals surface area contributed by atoms with Crippen LogP contribution in [0.1, 0.15) is 37.1 Å². The Kier molecular flexibility index (Phi) is 5.74. The highest BCUT2D eigenvalue weighted by Crippen LogP contribution is 2.35. The van der Waals surface area contributed by atoms with Gasteiger partial charge in [0, 0.05) is 22.6 Å². The van der Waals surface area contributed by atoms with Crippen LogP contribution in [0.2, 0.25) is 0 Å². The van der Waals surface area contributed by atoms with E-state index in [2.05, 4.69) is 5.32 Å². The molecular weight excluding hydrogens is 380 g/mol. The zero-order valence-electron chi connectivity index (χ0n) is 17.0. The summed E-state index contributed by atoms with van der Waals surface area (Å²) in [7, 11) is 0. The minimum absolute atomic E-state index is 0.00790. The molecule has 4 rings (SSSR count). The Hall–Kier alpha value is -3.28.